The predicted molar refractivity (Wildman–Crippen MR) is 120 cm³/mol. The van der Waals surface area contributed by atoms with Crippen LogP contribution in [0.25, 0.3) is 0 Å². The van der Waals surface area contributed by atoms with Crippen LogP contribution < -0.4 is 10.2 Å². The van der Waals surface area contributed by atoms with Crippen LogP contribution >= 0.6 is 0 Å². The number of unbranched alkanes of at least 4 members (excludes halogenated alkanes) is 1. The van der Waals surface area contributed by atoms with Gasteiger partial charge in [-0.2, -0.15) is 0 Å². The number of aryl methyl sites for hydroxylation is 1. The molecule has 160 valence electrons. The minimum atomic E-state index is -0.218. The van der Waals surface area contributed by atoms with Crippen molar-refractivity contribution in [3.05, 3.63) is 59.7 Å². The van der Waals surface area contributed by atoms with Crippen molar-refractivity contribution in [2.75, 3.05) is 50.1 Å². The number of likely N-dealkylation sites (N-methyl/N-ethyl adjacent to an activating group) is 1. The Kier molecular flexibility index (Phi) is 7.85. The zero-order valence-electron chi connectivity index (χ0n) is 17.9. The second kappa shape index (κ2) is 10.8. The van der Waals surface area contributed by atoms with Crippen LogP contribution in [0.2, 0.25) is 0 Å². The number of carbonyl (C=O) groups excluding carboxylic acids is 2. The minimum Gasteiger partial charge on any atom is -0.378 e. The van der Waals surface area contributed by atoms with Gasteiger partial charge in [0.25, 0.3) is 5.91 Å². The molecule has 1 saturated heterocycles. The summed E-state index contributed by atoms with van der Waals surface area (Å²) < 4.78 is 5.38. The molecule has 0 aromatic heterocycles. The van der Waals surface area contributed by atoms with Crippen molar-refractivity contribution in [1.29, 1.82) is 0 Å². The molecule has 30 heavy (non-hydrogen) atoms. The molecule has 0 spiro atoms. The van der Waals surface area contributed by atoms with Crippen LogP contribution in [-0.4, -0.2) is 56.6 Å². The summed E-state index contributed by atoms with van der Waals surface area (Å²) in [6, 6.07) is 15.4. The quantitative estimate of drug-likeness (QED) is 0.724. The number of hydrogen-bond donors (Lipinski definition) is 1. The van der Waals surface area contributed by atoms with Gasteiger partial charge in [0.15, 0.2) is 0 Å². The van der Waals surface area contributed by atoms with Gasteiger partial charge in [-0.05, 0) is 54.8 Å². The molecule has 1 aliphatic rings. The van der Waals surface area contributed by atoms with Crippen molar-refractivity contribution in [1.82, 2.24) is 4.90 Å². The molecule has 6 heteroatoms. The van der Waals surface area contributed by atoms with Crippen LogP contribution in [0.3, 0.4) is 0 Å². The molecule has 1 heterocycles. The van der Waals surface area contributed by atoms with Gasteiger partial charge in [-0.3, -0.25) is 9.59 Å². The molecule has 0 saturated carbocycles. The number of nitrogens with zero attached hydrogens (tertiary/aromatic N) is 2. The summed E-state index contributed by atoms with van der Waals surface area (Å²) in [6.45, 7) is 5.38. The number of morpholine rings is 1. The summed E-state index contributed by atoms with van der Waals surface area (Å²) in [7, 11) is 1.65. The summed E-state index contributed by atoms with van der Waals surface area (Å²) in [5.74, 6) is -0.376. The number of benzene rings is 2. The van der Waals surface area contributed by atoms with E-state index in [-0.39, 0.29) is 18.4 Å². The van der Waals surface area contributed by atoms with E-state index in [1.165, 1.54) is 10.5 Å². The molecule has 2 aromatic rings. The topological polar surface area (TPSA) is 61.9 Å². The van der Waals surface area contributed by atoms with Crippen LogP contribution in [-0.2, 0) is 16.0 Å². The summed E-state index contributed by atoms with van der Waals surface area (Å²) in [5.41, 5.74) is 3.67. The fourth-order valence-corrected chi connectivity index (χ4v) is 3.48. The van der Waals surface area contributed by atoms with Gasteiger partial charge < -0.3 is 19.9 Å². The molecular weight excluding hydrogens is 378 g/mol. The number of anilines is 2. The second-order valence-corrected chi connectivity index (χ2v) is 7.66. The Balaban J connectivity index is 1.50. The lowest BCUT2D eigenvalue weighted by atomic mass is 10.1. The number of ether oxygens (including phenoxy) is 1. The Labute approximate surface area is 178 Å². The smallest absolute Gasteiger partial charge is 0.254 e. The number of rotatable bonds is 8. The van der Waals surface area contributed by atoms with Crippen LogP contribution in [0, 0.1) is 0 Å². The highest BCUT2D eigenvalue weighted by molar-refractivity contribution is 5.99. The highest BCUT2D eigenvalue weighted by atomic mass is 16.5. The molecule has 1 N–H and O–H groups in total. The van der Waals surface area contributed by atoms with Gasteiger partial charge in [0.1, 0.15) is 0 Å². The van der Waals surface area contributed by atoms with Gasteiger partial charge in [-0.1, -0.05) is 25.5 Å². The molecule has 0 unspecified atom stereocenters. The third kappa shape index (κ3) is 6.07. The average molecular weight is 410 g/mol. The third-order valence-corrected chi connectivity index (χ3v) is 5.27. The van der Waals surface area contributed by atoms with Crippen LogP contribution in [0.15, 0.2) is 48.5 Å². The average Bonchev–Trinajstić information content (AvgIpc) is 2.78. The molecule has 6 nitrogen and oxygen atoms in total. The summed E-state index contributed by atoms with van der Waals surface area (Å²) in [6.07, 6.45) is 3.31. The first-order valence-corrected chi connectivity index (χ1v) is 10.6. The predicted octanol–water partition coefficient (Wildman–Crippen LogP) is 3.58. The molecule has 1 aliphatic heterocycles. The lowest BCUT2D eigenvalue weighted by Gasteiger charge is -2.28. The Bertz CT molecular complexity index is 828. The second-order valence-electron chi connectivity index (χ2n) is 7.66. The highest BCUT2D eigenvalue weighted by Crippen LogP contribution is 2.19. The first-order chi connectivity index (χ1) is 14.6. The van der Waals surface area contributed by atoms with E-state index in [4.69, 9.17) is 4.74 Å². The van der Waals surface area contributed by atoms with Gasteiger partial charge in [0.2, 0.25) is 5.91 Å². The van der Waals surface area contributed by atoms with Crippen molar-refractivity contribution in [2.45, 2.75) is 26.2 Å². The van der Waals surface area contributed by atoms with Gasteiger partial charge in [-0.25, -0.2) is 0 Å². The zero-order valence-corrected chi connectivity index (χ0v) is 17.9. The van der Waals surface area contributed by atoms with Crippen molar-refractivity contribution in [3.63, 3.8) is 0 Å². The monoisotopic (exact) mass is 409 g/mol. The number of hydrogen-bond acceptors (Lipinski definition) is 4. The van der Waals surface area contributed by atoms with E-state index in [9.17, 15) is 9.59 Å². The molecule has 1 fully saturated rings. The SMILES string of the molecule is CCCCc1ccc(C(=O)N(C)CC(=O)Nc2ccc(N3CCOCC3)cc2)cc1. The lowest BCUT2D eigenvalue weighted by Crippen LogP contribution is -2.36. The first-order valence-electron chi connectivity index (χ1n) is 10.6. The van der Waals surface area contributed by atoms with Gasteiger partial charge in [0.05, 0.1) is 19.8 Å². The van der Waals surface area contributed by atoms with Gasteiger partial charge in [0, 0.05) is 37.1 Å². The van der Waals surface area contributed by atoms with E-state index in [1.54, 1.807) is 7.05 Å². The van der Waals surface area contributed by atoms with Gasteiger partial charge in [-0.15, -0.1) is 0 Å². The highest BCUT2D eigenvalue weighted by Gasteiger charge is 2.16. The largest absolute Gasteiger partial charge is 0.378 e. The zero-order chi connectivity index (χ0) is 21.3. The summed E-state index contributed by atoms with van der Waals surface area (Å²) in [4.78, 5) is 28.7. The maximum absolute atomic E-state index is 12.6. The molecule has 3 rings (SSSR count). The van der Waals surface area contributed by atoms with E-state index >= 15 is 0 Å². The van der Waals surface area contributed by atoms with E-state index in [2.05, 4.69) is 17.1 Å². The van der Waals surface area contributed by atoms with Crippen LogP contribution in [0.5, 0.6) is 0 Å². The molecule has 2 aromatic carbocycles. The molecule has 0 atom stereocenters. The van der Waals surface area contributed by atoms with Crippen LogP contribution in [0.4, 0.5) is 11.4 Å². The van der Waals surface area contributed by atoms with Gasteiger partial charge >= 0.3 is 0 Å². The standard InChI is InChI=1S/C24H31N3O3/c1-3-4-5-19-6-8-20(9-7-19)24(29)26(2)18-23(28)25-21-10-12-22(13-11-21)27-14-16-30-17-15-27/h6-13H,3-5,14-18H2,1-2H3,(H,25,28). The summed E-state index contributed by atoms with van der Waals surface area (Å²) in [5, 5.41) is 2.87. The van der Waals surface area contributed by atoms with Crippen LogP contribution in [0.1, 0.15) is 35.7 Å². The maximum atomic E-state index is 12.6. The minimum absolute atomic E-state index is 0.00162. The normalized spacial score (nSPS) is 13.7. The fourth-order valence-electron chi connectivity index (χ4n) is 3.48. The molecule has 0 radical (unpaired) electrons. The van der Waals surface area contributed by atoms with E-state index in [0.29, 0.717) is 5.56 Å². The molecule has 0 aliphatic carbocycles. The Morgan fingerprint density at radius 1 is 1.03 bits per heavy atom. The third-order valence-electron chi connectivity index (χ3n) is 5.27. The molecule has 2 amide bonds. The Morgan fingerprint density at radius 3 is 2.33 bits per heavy atom. The van der Waals surface area contributed by atoms with Crippen molar-refractivity contribution >= 4 is 23.2 Å². The van der Waals surface area contributed by atoms with Crippen molar-refractivity contribution in [3.8, 4) is 0 Å². The Morgan fingerprint density at radius 2 is 1.70 bits per heavy atom. The van der Waals surface area contributed by atoms with E-state index in [0.717, 1.165) is 56.9 Å². The van der Waals surface area contributed by atoms with E-state index in [1.807, 2.05) is 48.5 Å². The lowest BCUT2D eigenvalue weighted by molar-refractivity contribution is -0.116. The number of nitrogens with one attached hydrogen (secondary N) is 1. The van der Waals surface area contributed by atoms with Crippen molar-refractivity contribution in [2.24, 2.45) is 0 Å². The fraction of sp³-hybridized carbons (Fsp3) is 0.417. The number of amides is 2. The molecular formula is C24H31N3O3. The van der Waals surface area contributed by atoms with E-state index < -0.39 is 0 Å². The van der Waals surface area contributed by atoms with Crippen molar-refractivity contribution < 1.29 is 14.3 Å². The molecule has 0 bridgehead atoms. The Hall–Kier alpha value is -2.86. The summed E-state index contributed by atoms with van der Waals surface area (Å²) >= 11 is 0. The number of carbonyl (C=O) groups is 2. The maximum Gasteiger partial charge on any atom is 0.254 e. The first kappa shape index (κ1) is 21.8.